The normalized spacial score (nSPS) is 22.6. The first-order valence-corrected chi connectivity index (χ1v) is 5.38. The summed E-state index contributed by atoms with van der Waals surface area (Å²) in [6, 6.07) is 6.12. The number of carbonyl (C=O) groups is 1. The third-order valence-corrected chi connectivity index (χ3v) is 3.01. The van der Waals surface area contributed by atoms with Crippen LogP contribution in [-0.2, 0) is 4.79 Å². The molecule has 0 aromatic heterocycles. The van der Waals surface area contributed by atoms with E-state index in [1.165, 1.54) is 12.1 Å². The third kappa shape index (κ3) is 2.07. The van der Waals surface area contributed by atoms with Gasteiger partial charge in [0.2, 0.25) is 5.91 Å². The number of halogens is 1. The Balaban J connectivity index is 2.16. The summed E-state index contributed by atoms with van der Waals surface area (Å²) in [6.45, 7) is 2.51. The third-order valence-electron chi connectivity index (χ3n) is 3.01. The molecule has 0 bridgehead atoms. The molecular formula is C12H15FN2O. The minimum absolute atomic E-state index is 0.0401. The zero-order valence-electron chi connectivity index (χ0n) is 9.19. The molecular weight excluding hydrogens is 207 g/mol. The molecule has 16 heavy (non-hydrogen) atoms. The van der Waals surface area contributed by atoms with Crippen LogP contribution in [0.25, 0.3) is 0 Å². The van der Waals surface area contributed by atoms with Crippen molar-refractivity contribution in [2.45, 2.75) is 25.4 Å². The van der Waals surface area contributed by atoms with Crippen LogP contribution < -0.4 is 5.73 Å². The quantitative estimate of drug-likeness (QED) is 0.823. The molecule has 1 aliphatic rings. The molecule has 1 aliphatic heterocycles. The standard InChI is InChI=1S/C12H15FN2O/c1-8(9-2-4-10(13)5-3-9)15-7-11(14)6-12(15)16/h2-5,8,11H,6-7,14H2,1H3. The average molecular weight is 222 g/mol. The van der Waals surface area contributed by atoms with Gasteiger partial charge in [-0.05, 0) is 24.6 Å². The number of nitrogens with two attached hydrogens (primary N) is 1. The van der Waals surface area contributed by atoms with Crippen molar-refractivity contribution in [3.63, 3.8) is 0 Å². The van der Waals surface area contributed by atoms with E-state index in [1.54, 1.807) is 17.0 Å². The van der Waals surface area contributed by atoms with Crippen LogP contribution in [-0.4, -0.2) is 23.4 Å². The molecule has 4 heteroatoms. The lowest BCUT2D eigenvalue weighted by Crippen LogP contribution is -2.30. The number of rotatable bonds is 2. The molecule has 3 nitrogen and oxygen atoms in total. The van der Waals surface area contributed by atoms with Crippen molar-refractivity contribution in [3.8, 4) is 0 Å². The summed E-state index contributed by atoms with van der Waals surface area (Å²) >= 11 is 0. The lowest BCUT2D eigenvalue weighted by molar-refractivity contribution is -0.129. The first kappa shape index (κ1) is 11.1. The molecule has 2 rings (SSSR count). The maximum atomic E-state index is 12.8. The molecule has 1 saturated heterocycles. The Labute approximate surface area is 94.0 Å². The number of hydrogen-bond acceptors (Lipinski definition) is 2. The topological polar surface area (TPSA) is 46.3 Å². The molecule has 2 N–H and O–H groups in total. The molecule has 0 spiro atoms. The van der Waals surface area contributed by atoms with Gasteiger partial charge in [-0.2, -0.15) is 0 Å². The Morgan fingerprint density at radius 1 is 1.44 bits per heavy atom. The van der Waals surface area contributed by atoms with Gasteiger partial charge in [-0.1, -0.05) is 12.1 Å². The predicted molar refractivity (Wildman–Crippen MR) is 59.1 cm³/mol. The number of carbonyl (C=O) groups excluding carboxylic acids is 1. The first-order chi connectivity index (χ1) is 7.58. The van der Waals surface area contributed by atoms with Crippen LogP contribution in [0.15, 0.2) is 24.3 Å². The number of amides is 1. The highest BCUT2D eigenvalue weighted by Crippen LogP contribution is 2.25. The smallest absolute Gasteiger partial charge is 0.224 e. The summed E-state index contributed by atoms with van der Waals surface area (Å²) in [4.78, 5) is 13.4. The Morgan fingerprint density at radius 2 is 2.06 bits per heavy atom. The van der Waals surface area contributed by atoms with Gasteiger partial charge in [-0.3, -0.25) is 4.79 Å². The van der Waals surface area contributed by atoms with Crippen LogP contribution in [0, 0.1) is 5.82 Å². The Bertz CT molecular complexity index is 391. The van der Waals surface area contributed by atoms with Gasteiger partial charge in [0.15, 0.2) is 0 Å². The molecule has 1 amide bonds. The number of benzene rings is 1. The number of nitrogens with zero attached hydrogens (tertiary/aromatic N) is 1. The van der Waals surface area contributed by atoms with Gasteiger partial charge >= 0.3 is 0 Å². The zero-order valence-corrected chi connectivity index (χ0v) is 9.19. The van der Waals surface area contributed by atoms with Gasteiger partial charge in [-0.15, -0.1) is 0 Å². The molecule has 0 saturated carbocycles. The van der Waals surface area contributed by atoms with Crippen LogP contribution in [0.5, 0.6) is 0 Å². The highest BCUT2D eigenvalue weighted by molar-refractivity contribution is 5.79. The van der Waals surface area contributed by atoms with Crippen LogP contribution >= 0.6 is 0 Å². The van der Waals surface area contributed by atoms with E-state index >= 15 is 0 Å². The van der Waals surface area contributed by atoms with Crippen LogP contribution in [0.1, 0.15) is 24.9 Å². The van der Waals surface area contributed by atoms with Gasteiger partial charge < -0.3 is 10.6 Å². The molecule has 1 heterocycles. The lowest BCUT2D eigenvalue weighted by Gasteiger charge is -2.24. The minimum atomic E-state index is -0.264. The fraction of sp³-hybridized carbons (Fsp3) is 0.417. The second-order valence-corrected chi connectivity index (χ2v) is 4.24. The van der Waals surface area contributed by atoms with Gasteiger partial charge in [0.25, 0.3) is 0 Å². The summed E-state index contributed by atoms with van der Waals surface area (Å²) in [5.74, 6) is -0.190. The largest absolute Gasteiger partial charge is 0.334 e. The summed E-state index contributed by atoms with van der Waals surface area (Å²) < 4.78 is 12.8. The summed E-state index contributed by atoms with van der Waals surface area (Å²) in [6.07, 6.45) is 0.408. The maximum absolute atomic E-state index is 12.8. The van der Waals surface area contributed by atoms with E-state index in [0.29, 0.717) is 13.0 Å². The highest BCUT2D eigenvalue weighted by Gasteiger charge is 2.30. The second-order valence-electron chi connectivity index (χ2n) is 4.24. The van der Waals surface area contributed by atoms with Gasteiger partial charge in [0, 0.05) is 19.0 Å². The van der Waals surface area contributed by atoms with Crippen LogP contribution in [0.2, 0.25) is 0 Å². The molecule has 1 fully saturated rings. The lowest BCUT2D eigenvalue weighted by atomic mass is 10.1. The fourth-order valence-electron chi connectivity index (χ4n) is 2.06. The van der Waals surface area contributed by atoms with Crippen molar-refractivity contribution >= 4 is 5.91 Å². The Hall–Kier alpha value is -1.42. The molecule has 0 radical (unpaired) electrons. The molecule has 0 aliphatic carbocycles. The van der Waals surface area contributed by atoms with Crippen LogP contribution in [0.4, 0.5) is 4.39 Å². The van der Waals surface area contributed by atoms with E-state index < -0.39 is 0 Å². The van der Waals surface area contributed by atoms with Crippen molar-refractivity contribution in [2.24, 2.45) is 5.73 Å². The number of hydrogen-bond donors (Lipinski definition) is 1. The van der Waals surface area contributed by atoms with Gasteiger partial charge in [0.05, 0.1) is 6.04 Å². The fourth-order valence-corrected chi connectivity index (χ4v) is 2.06. The summed E-state index contributed by atoms with van der Waals surface area (Å²) in [5, 5.41) is 0. The molecule has 2 unspecified atom stereocenters. The van der Waals surface area contributed by atoms with Gasteiger partial charge in [-0.25, -0.2) is 4.39 Å². The minimum Gasteiger partial charge on any atom is -0.334 e. The summed E-state index contributed by atoms with van der Waals surface area (Å²) in [7, 11) is 0. The van der Waals surface area contributed by atoms with E-state index in [1.807, 2.05) is 6.92 Å². The Morgan fingerprint density at radius 3 is 2.56 bits per heavy atom. The zero-order chi connectivity index (χ0) is 11.7. The SMILES string of the molecule is CC(c1ccc(F)cc1)N1CC(N)CC1=O. The first-order valence-electron chi connectivity index (χ1n) is 5.38. The molecule has 1 aromatic carbocycles. The van der Waals surface area contributed by atoms with E-state index in [-0.39, 0.29) is 23.8 Å². The van der Waals surface area contributed by atoms with Crippen molar-refractivity contribution < 1.29 is 9.18 Å². The van der Waals surface area contributed by atoms with E-state index in [2.05, 4.69) is 0 Å². The molecule has 2 atom stereocenters. The van der Waals surface area contributed by atoms with Crippen molar-refractivity contribution in [2.75, 3.05) is 6.54 Å². The maximum Gasteiger partial charge on any atom is 0.224 e. The summed E-state index contributed by atoms with van der Waals surface area (Å²) in [5.41, 5.74) is 6.67. The van der Waals surface area contributed by atoms with E-state index in [0.717, 1.165) is 5.56 Å². The average Bonchev–Trinajstić information content (AvgIpc) is 2.58. The van der Waals surface area contributed by atoms with Crippen molar-refractivity contribution in [1.29, 1.82) is 0 Å². The number of likely N-dealkylation sites (tertiary alicyclic amines) is 1. The van der Waals surface area contributed by atoms with E-state index in [9.17, 15) is 9.18 Å². The highest BCUT2D eigenvalue weighted by atomic mass is 19.1. The second kappa shape index (κ2) is 4.22. The van der Waals surface area contributed by atoms with Gasteiger partial charge in [0.1, 0.15) is 5.82 Å². The molecule has 1 aromatic rings. The van der Waals surface area contributed by atoms with Crippen molar-refractivity contribution in [1.82, 2.24) is 4.90 Å². The predicted octanol–water partition coefficient (Wildman–Crippen LogP) is 1.45. The monoisotopic (exact) mass is 222 g/mol. The van der Waals surface area contributed by atoms with Crippen LogP contribution in [0.3, 0.4) is 0 Å². The molecule has 86 valence electrons. The Kier molecular flexibility index (Phi) is 2.92. The van der Waals surface area contributed by atoms with Crippen molar-refractivity contribution in [3.05, 3.63) is 35.6 Å². The van der Waals surface area contributed by atoms with E-state index in [4.69, 9.17) is 5.73 Å².